The standard InChI is InChI=1S/C23H17Br2F2N3O5/c1-33-21(31)17-16(11-6-4-3-5-7-11)13(10-28)20(29)30(19(17)22(32)34-2)18-14(24)8-12(9-15(18)25)35-23(26)27/h3-9,16,23H,29H2,1-2H3. The molecule has 0 saturated heterocycles. The number of esters is 2. The highest BCUT2D eigenvalue weighted by molar-refractivity contribution is 9.11. The molecule has 1 heterocycles. The highest BCUT2D eigenvalue weighted by Crippen LogP contribution is 2.47. The van der Waals surface area contributed by atoms with Gasteiger partial charge in [-0.05, 0) is 49.6 Å². The lowest BCUT2D eigenvalue weighted by atomic mass is 9.81. The summed E-state index contributed by atoms with van der Waals surface area (Å²) in [5, 5.41) is 10.1. The summed E-state index contributed by atoms with van der Waals surface area (Å²) in [6.45, 7) is -3.08. The van der Waals surface area contributed by atoms with E-state index in [9.17, 15) is 23.6 Å². The Morgan fingerprint density at radius 3 is 2.14 bits per heavy atom. The summed E-state index contributed by atoms with van der Waals surface area (Å²) in [6, 6.07) is 13.0. The molecular weight excluding hydrogens is 596 g/mol. The molecule has 2 N–H and O–H groups in total. The number of hydrogen-bond acceptors (Lipinski definition) is 8. The molecule has 0 radical (unpaired) electrons. The molecule has 2 aromatic rings. The zero-order chi connectivity index (χ0) is 25.9. The van der Waals surface area contributed by atoms with Crippen molar-refractivity contribution in [1.29, 1.82) is 5.26 Å². The van der Waals surface area contributed by atoms with Gasteiger partial charge < -0.3 is 19.9 Å². The number of nitriles is 1. The van der Waals surface area contributed by atoms with Crippen LogP contribution in [0, 0.1) is 11.3 Å². The van der Waals surface area contributed by atoms with Crippen molar-refractivity contribution in [1.82, 2.24) is 0 Å². The minimum atomic E-state index is -3.08. The minimum absolute atomic E-state index is 0.0454. The van der Waals surface area contributed by atoms with E-state index in [0.717, 1.165) is 19.1 Å². The molecular formula is C23H17Br2F2N3O5. The summed E-state index contributed by atoms with van der Waals surface area (Å²) in [7, 11) is 2.25. The molecule has 35 heavy (non-hydrogen) atoms. The Labute approximate surface area is 215 Å². The van der Waals surface area contributed by atoms with E-state index < -0.39 is 24.5 Å². The van der Waals surface area contributed by atoms with E-state index in [2.05, 4.69) is 36.6 Å². The molecule has 3 rings (SSSR count). The average molecular weight is 613 g/mol. The van der Waals surface area contributed by atoms with Gasteiger partial charge in [0.05, 0.1) is 43.0 Å². The number of rotatable bonds is 6. The number of anilines is 1. The summed E-state index contributed by atoms with van der Waals surface area (Å²) in [6.07, 6.45) is 0. The third-order valence-corrected chi connectivity index (χ3v) is 6.26. The number of methoxy groups -OCH3 is 2. The second-order valence-electron chi connectivity index (χ2n) is 6.95. The van der Waals surface area contributed by atoms with Crippen molar-refractivity contribution in [2.24, 2.45) is 5.73 Å². The third kappa shape index (κ3) is 5.01. The number of ether oxygens (including phenoxy) is 3. The van der Waals surface area contributed by atoms with Crippen LogP contribution in [0.5, 0.6) is 5.75 Å². The zero-order valence-corrected chi connectivity index (χ0v) is 21.4. The van der Waals surface area contributed by atoms with Gasteiger partial charge in [-0.15, -0.1) is 0 Å². The van der Waals surface area contributed by atoms with E-state index >= 15 is 0 Å². The fourth-order valence-electron chi connectivity index (χ4n) is 3.67. The number of nitrogens with zero attached hydrogens (tertiary/aromatic N) is 2. The molecule has 1 atom stereocenters. The number of benzene rings is 2. The van der Waals surface area contributed by atoms with Crippen LogP contribution >= 0.6 is 31.9 Å². The van der Waals surface area contributed by atoms with Crippen LogP contribution in [0.25, 0.3) is 0 Å². The van der Waals surface area contributed by atoms with Crippen LogP contribution < -0.4 is 15.4 Å². The van der Waals surface area contributed by atoms with E-state index in [1.165, 1.54) is 12.1 Å². The third-order valence-electron chi connectivity index (χ3n) is 5.05. The maximum atomic E-state index is 13.1. The van der Waals surface area contributed by atoms with Crippen LogP contribution in [0.15, 0.2) is 74.1 Å². The molecule has 8 nitrogen and oxygen atoms in total. The first kappa shape index (κ1) is 26.2. The molecule has 1 unspecified atom stereocenters. The van der Waals surface area contributed by atoms with Crippen molar-refractivity contribution in [2.75, 3.05) is 19.1 Å². The number of hydrogen-bond donors (Lipinski definition) is 1. The molecule has 0 spiro atoms. The highest BCUT2D eigenvalue weighted by Gasteiger charge is 2.43. The lowest BCUT2D eigenvalue weighted by molar-refractivity contribution is -0.139. The lowest BCUT2D eigenvalue weighted by Gasteiger charge is -2.36. The normalized spacial score (nSPS) is 15.7. The molecule has 182 valence electrons. The van der Waals surface area contributed by atoms with Gasteiger partial charge in [0, 0.05) is 8.95 Å². The molecule has 1 aliphatic heterocycles. The zero-order valence-electron chi connectivity index (χ0n) is 18.2. The first-order valence-electron chi connectivity index (χ1n) is 9.75. The molecule has 0 fully saturated rings. The second-order valence-corrected chi connectivity index (χ2v) is 8.66. The molecule has 0 amide bonds. The summed E-state index contributed by atoms with van der Waals surface area (Å²) in [4.78, 5) is 27.3. The molecule has 0 aliphatic carbocycles. The van der Waals surface area contributed by atoms with Crippen LogP contribution in [0.1, 0.15) is 11.5 Å². The number of halogens is 4. The average Bonchev–Trinajstić information content (AvgIpc) is 2.83. The van der Waals surface area contributed by atoms with Gasteiger partial charge in [0.25, 0.3) is 0 Å². The Morgan fingerprint density at radius 2 is 1.66 bits per heavy atom. The first-order valence-corrected chi connectivity index (χ1v) is 11.3. The van der Waals surface area contributed by atoms with Gasteiger partial charge in [0.1, 0.15) is 17.3 Å². The minimum Gasteiger partial charge on any atom is -0.466 e. The van der Waals surface area contributed by atoms with Crippen molar-refractivity contribution in [3.63, 3.8) is 0 Å². The smallest absolute Gasteiger partial charge is 0.387 e. The quantitative estimate of drug-likeness (QED) is 0.467. The summed E-state index contributed by atoms with van der Waals surface area (Å²) in [5.41, 5.74) is 6.52. The highest BCUT2D eigenvalue weighted by atomic mass is 79.9. The predicted octanol–water partition coefficient (Wildman–Crippen LogP) is 4.71. The second kappa shape index (κ2) is 10.9. The van der Waals surface area contributed by atoms with Gasteiger partial charge in [-0.25, -0.2) is 9.59 Å². The largest absolute Gasteiger partial charge is 0.466 e. The first-order chi connectivity index (χ1) is 16.7. The summed E-state index contributed by atoms with van der Waals surface area (Å²) < 4.78 is 40.2. The molecule has 2 aromatic carbocycles. The van der Waals surface area contributed by atoms with Gasteiger partial charge in [0.15, 0.2) is 0 Å². The molecule has 12 heteroatoms. The van der Waals surface area contributed by atoms with E-state index in [1.54, 1.807) is 30.3 Å². The van der Waals surface area contributed by atoms with Crippen molar-refractivity contribution in [2.45, 2.75) is 12.5 Å². The van der Waals surface area contributed by atoms with E-state index in [1.807, 2.05) is 6.07 Å². The van der Waals surface area contributed by atoms with Gasteiger partial charge in [-0.3, -0.25) is 4.90 Å². The van der Waals surface area contributed by atoms with Crippen molar-refractivity contribution >= 4 is 49.5 Å². The van der Waals surface area contributed by atoms with Crippen molar-refractivity contribution < 1.29 is 32.6 Å². The SMILES string of the molecule is COC(=O)C1=C(C(=O)OC)N(c2c(Br)cc(OC(F)F)cc2Br)C(N)=C(C#N)C1c1ccccc1. The predicted molar refractivity (Wildman–Crippen MR) is 128 cm³/mol. The van der Waals surface area contributed by atoms with Gasteiger partial charge in [-0.2, -0.15) is 14.0 Å². The number of alkyl halides is 2. The maximum absolute atomic E-state index is 13.1. The number of nitrogens with two attached hydrogens (primary N) is 1. The van der Waals surface area contributed by atoms with Crippen LogP contribution in [0.3, 0.4) is 0 Å². The van der Waals surface area contributed by atoms with E-state index in [-0.39, 0.29) is 43.0 Å². The summed E-state index contributed by atoms with van der Waals surface area (Å²) in [5.74, 6) is -3.26. The molecule has 1 aliphatic rings. The van der Waals surface area contributed by atoms with E-state index in [0.29, 0.717) is 5.56 Å². The number of carbonyl (C=O) groups is 2. The molecule has 0 bridgehead atoms. The van der Waals surface area contributed by atoms with Gasteiger partial charge in [-0.1, -0.05) is 30.3 Å². The van der Waals surface area contributed by atoms with Crippen molar-refractivity contribution in [3.05, 3.63) is 79.6 Å². The lowest BCUT2D eigenvalue weighted by Crippen LogP contribution is -2.41. The van der Waals surface area contributed by atoms with E-state index in [4.69, 9.17) is 15.2 Å². The number of carbonyl (C=O) groups excluding carboxylic acids is 2. The Balaban J connectivity index is 2.41. The van der Waals surface area contributed by atoms with Gasteiger partial charge >= 0.3 is 18.6 Å². The maximum Gasteiger partial charge on any atom is 0.387 e. The Bertz CT molecular complexity index is 1250. The molecule has 0 aromatic heterocycles. The monoisotopic (exact) mass is 611 g/mol. The van der Waals surface area contributed by atoms with Gasteiger partial charge in [0.2, 0.25) is 0 Å². The van der Waals surface area contributed by atoms with Crippen LogP contribution in [0.4, 0.5) is 14.5 Å². The Kier molecular flexibility index (Phi) is 8.14. The molecule has 0 saturated carbocycles. The van der Waals surface area contributed by atoms with Crippen LogP contribution in [-0.4, -0.2) is 32.8 Å². The Morgan fingerprint density at radius 1 is 1.09 bits per heavy atom. The van der Waals surface area contributed by atoms with Crippen molar-refractivity contribution in [3.8, 4) is 11.8 Å². The van der Waals surface area contributed by atoms with Crippen LogP contribution in [0.2, 0.25) is 0 Å². The topological polar surface area (TPSA) is 115 Å². The van der Waals surface area contributed by atoms with Crippen LogP contribution in [-0.2, 0) is 19.1 Å². The fraction of sp³-hybridized carbons (Fsp3) is 0.174. The Hall–Kier alpha value is -3.43. The fourth-order valence-corrected chi connectivity index (χ4v) is 5.17. The number of allylic oxidation sites excluding steroid dienone is 1. The summed E-state index contributed by atoms with van der Waals surface area (Å²) >= 11 is 6.55.